The van der Waals surface area contributed by atoms with Gasteiger partial charge in [0.25, 0.3) is 0 Å². The van der Waals surface area contributed by atoms with Gasteiger partial charge in [-0.05, 0) is 44.5 Å². The Hall–Kier alpha value is -1.02. The summed E-state index contributed by atoms with van der Waals surface area (Å²) < 4.78 is 0. The molecule has 0 bridgehead atoms. The van der Waals surface area contributed by atoms with Crippen molar-refractivity contribution in [3.63, 3.8) is 0 Å². The molecule has 4 aromatic rings. The number of fused-ring (bicyclic) bond motifs is 4. The molecule has 90 valence electrons. The summed E-state index contributed by atoms with van der Waals surface area (Å²) in [5.41, 5.74) is 0.846. The van der Waals surface area contributed by atoms with Gasteiger partial charge in [-0.15, -0.1) is 0 Å². The molecule has 0 saturated heterocycles. The van der Waals surface area contributed by atoms with Crippen LogP contribution in [0.5, 0.6) is 0 Å². The summed E-state index contributed by atoms with van der Waals surface area (Å²) in [5.74, 6) is 0. The number of rotatable bonds is 0. The summed E-state index contributed by atoms with van der Waals surface area (Å²) in [5, 5.41) is 7.35. The van der Waals surface area contributed by atoms with E-state index in [1.165, 1.54) is 26.9 Å². The van der Waals surface area contributed by atoms with Crippen LogP contribution in [0.15, 0.2) is 66.7 Å². The van der Waals surface area contributed by atoms with Gasteiger partial charge in [0, 0.05) is 0 Å². The van der Waals surface area contributed by atoms with Crippen LogP contribution in [-0.4, -0.2) is 45.6 Å². The Labute approximate surface area is 152 Å². The van der Waals surface area contributed by atoms with Gasteiger partial charge in [-0.2, -0.15) is 0 Å². The molecule has 0 saturated carbocycles. The summed E-state index contributed by atoms with van der Waals surface area (Å²) in [6.07, 6.45) is 0. The van der Waals surface area contributed by atoms with E-state index in [1.54, 1.807) is 0 Å². The zero-order valence-electron chi connectivity index (χ0n) is 13.1. The second-order valence-corrected chi connectivity index (χ2v) is 4.93. The molecule has 0 unspecified atom stereocenters. The molecule has 0 aliphatic carbocycles. The third-order valence-corrected chi connectivity index (χ3v) is 3.76. The van der Waals surface area contributed by atoms with Gasteiger partial charge in [-0.25, -0.2) is 0 Å². The molecule has 4 rings (SSSR count). The summed E-state index contributed by atoms with van der Waals surface area (Å²) in [6.45, 7) is 0. The molecule has 2 radical (unpaired) electrons. The Morgan fingerprint density at radius 3 is 2.10 bits per heavy atom. The number of benzene rings is 4. The van der Waals surface area contributed by atoms with E-state index in [2.05, 4.69) is 54.6 Å². The van der Waals surface area contributed by atoms with Crippen LogP contribution in [0, 0.1) is 0 Å². The molecule has 2 heteroatoms. The Balaban J connectivity index is 0.000000807. The Bertz CT molecular complexity index is 938. The fourth-order valence-electron chi connectivity index (χ4n) is 2.83. The topological polar surface area (TPSA) is 0 Å². The minimum atomic E-state index is 0. The summed E-state index contributed by atoms with van der Waals surface area (Å²) in [6, 6.07) is 23.3. The quantitative estimate of drug-likeness (QED) is 0.261. The standard InChI is InChI=1S/C18H11B.Ca.2H/c19-17-7-3-6-12-8-9-15-10-13-4-1-2-5-14(13)11-16(15)18(12)17;;;/h1-11H;;;/q;+2;2*-1. The molecule has 0 aromatic heterocycles. The first-order chi connectivity index (χ1) is 9.33. The molecule has 0 aliphatic rings. The average molecular weight is 280 g/mol. The zero-order valence-corrected chi connectivity index (χ0v) is 13.3. The molecule has 0 amide bonds. The van der Waals surface area contributed by atoms with E-state index >= 15 is 0 Å². The van der Waals surface area contributed by atoms with Crippen molar-refractivity contribution in [2.45, 2.75) is 0 Å². The van der Waals surface area contributed by atoms with Crippen LogP contribution in [0.3, 0.4) is 0 Å². The SMILES string of the molecule is [B]c1cccc2ccc3cc4ccccc4cc3c12.[Ca+2].[H-].[H-]. The smallest absolute Gasteiger partial charge is 1.00 e. The zero-order chi connectivity index (χ0) is 12.8. The van der Waals surface area contributed by atoms with Crippen LogP contribution in [0.25, 0.3) is 32.3 Å². The van der Waals surface area contributed by atoms with E-state index in [9.17, 15) is 0 Å². The monoisotopic (exact) mass is 280 g/mol. The molecular weight excluding hydrogens is 267 g/mol. The molecule has 0 N–H and O–H groups in total. The van der Waals surface area contributed by atoms with Gasteiger partial charge >= 0.3 is 37.7 Å². The Morgan fingerprint density at radius 1 is 0.650 bits per heavy atom. The fourth-order valence-corrected chi connectivity index (χ4v) is 2.83. The minimum Gasteiger partial charge on any atom is -1.00 e. The second kappa shape index (κ2) is 5.40. The van der Waals surface area contributed by atoms with Crippen LogP contribution in [0.2, 0.25) is 0 Å². The van der Waals surface area contributed by atoms with Crippen molar-refractivity contribution < 1.29 is 2.85 Å². The predicted octanol–water partition coefficient (Wildman–Crippen LogP) is 3.78. The van der Waals surface area contributed by atoms with Gasteiger partial charge in [0.2, 0.25) is 0 Å². The minimum absolute atomic E-state index is 0. The van der Waals surface area contributed by atoms with E-state index in [-0.39, 0.29) is 40.6 Å². The van der Waals surface area contributed by atoms with Crippen LogP contribution in [0.4, 0.5) is 0 Å². The first-order valence-electron chi connectivity index (χ1n) is 6.43. The van der Waals surface area contributed by atoms with E-state index < -0.39 is 0 Å². The number of hydrogen-bond donors (Lipinski definition) is 0. The van der Waals surface area contributed by atoms with Crippen LogP contribution < -0.4 is 5.46 Å². The molecule has 0 atom stereocenters. The molecule has 0 aliphatic heterocycles. The summed E-state index contributed by atoms with van der Waals surface area (Å²) >= 11 is 0. The van der Waals surface area contributed by atoms with Gasteiger partial charge in [0.05, 0.1) is 0 Å². The van der Waals surface area contributed by atoms with E-state index in [0.29, 0.717) is 0 Å². The van der Waals surface area contributed by atoms with Crippen molar-refractivity contribution >= 4 is 83.4 Å². The normalized spacial score (nSPS) is 10.8. The van der Waals surface area contributed by atoms with E-state index in [0.717, 1.165) is 10.8 Å². The van der Waals surface area contributed by atoms with Gasteiger partial charge in [0.1, 0.15) is 7.85 Å². The Morgan fingerprint density at radius 2 is 1.30 bits per heavy atom. The average Bonchev–Trinajstić information content (AvgIpc) is 2.45. The predicted molar refractivity (Wildman–Crippen MR) is 92.3 cm³/mol. The van der Waals surface area contributed by atoms with Gasteiger partial charge in [-0.3, -0.25) is 0 Å². The third kappa shape index (κ3) is 2.14. The van der Waals surface area contributed by atoms with E-state index in [4.69, 9.17) is 7.85 Å². The maximum Gasteiger partial charge on any atom is 2.00 e. The second-order valence-electron chi connectivity index (χ2n) is 4.93. The van der Waals surface area contributed by atoms with Crippen molar-refractivity contribution in [1.29, 1.82) is 0 Å². The van der Waals surface area contributed by atoms with Crippen molar-refractivity contribution in [1.82, 2.24) is 0 Å². The molecule has 0 spiro atoms. The number of hydrogen-bond acceptors (Lipinski definition) is 0. The van der Waals surface area contributed by atoms with Crippen LogP contribution in [-0.2, 0) is 0 Å². The van der Waals surface area contributed by atoms with Gasteiger partial charge in [0.15, 0.2) is 0 Å². The van der Waals surface area contributed by atoms with Crippen LogP contribution in [0.1, 0.15) is 2.85 Å². The maximum absolute atomic E-state index is 6.17. The van der Waals surface area contributed by atoms with Crippen molar-refractivity contribution in [3.05, 3.63) is 66.7 Å². The van der Waals surface area contributed by atoms with Gasteiger partial charge < -0.3 is 2.85 Å². The third-order valence-electron chi connectivity index (χ3n) is 3.76. The van der Waals surface area contributed by atoms with Crippen molar-refractivity contribution in [2.24, 2.45) is 0 Å². The molecule has 4 aromatic carbocycles. The fraction of sp³-hybridized carbons (Fsp3) is 0. The largest absolute Gasteiger partial charge is 2.00 e. The Kier molecular flexibility index (Phi) is 3.77. The summed E-state index contributed by atoms with van der Waals surface area (Å²) in [7, 11) is 6.17. The molecule has 0 heterocycles. The van der Waals surface area contributed by atoms with Crippen LogP contribution >= 0.6 is 0 Å². The van der Waals surface area contributed by atoms with Crippen molar-refractivity contribution in [3.8, 4) is 0 Å². The van der Waals surface area contributed by atoms with E-state index in [1.807, 2.05) is 12.1 Å². The molecule has 20 heavy (non-hydrogen) atoms. The summed E-state index contributed by atoms with van der Waals surface area (Å²) in [4.78, 5) is 0. The molecule has 0 nitrogen and oxygen atoms in total. The molecular formula is C18H13BCa. The molecule has 0 fully saturated rings. The maximum atomic E-state index is 6.17. The van der Waals surface area contributed by atoms with Crippen molar-refractivity contribution in [2.75, 3.05) is 0 Å². The first kappa shape index (κ1) is 13.9. The van der Waals surface area contributed by atoms with Gasteiger partial charge in [-0.1, -0.05) is 60.1 Å². The first-order valence-corrected chi connectivity index (χ1v) is 6.43.